The zero-order valence-electron chi connectivity index (χ0n) is 8.63. The van der Waals surface area contributed by atoms with Gasteiger partial charge in [0.25, 0.3) is 0 Å². The van der Waals surface area contributed by atoms with Gasteiger partial charge in [0.05, 0.1) is 7.11 Å². The van der Waals surface area contributed by atoms with E-state index < -0.39 is 0 Å². The van der Waals surface area contributed by atoms with Gasteiger partial charge in [-0.05, 0) is 19.4 Å². The number of rotatable bonds is 7. The molecule has 0 saturated carbocycles. The van der Waals surface area contributed by atoms with Gasteiger partial charge in [-0.3, -0.25) is 4.79 Å². The van der Waals surface area contributed by atoms with Crippen LogP contribution >= 0.6 is 0 Å². The maximum absolute atomic E-state index is 11.1. The van der Waals surface area contributed by atoms with Crippen LogP contribution in [0.4, 0.5) is 0 Å². The van der Waals surface area contributed by atoms with Crippen LogP contribution in [0.2, 0.25) is 0 Å². The number of methoxy groups -OCH3 is 2. The van der Waals surface area contributed by atoms with Crippen LogP contribution in [0.3, 0.4) is 0 Å². The fourth-order valence-electron chi connectivity index (χ4n) is 1.03. The molecule has 0 aliphatic heterocycles. The molecule has 0 fully saturated rings. The number of carbonyl (C=O) groups excluding carboxylic acids is 1. The largest absolute Gasteiger partial charge is 0.468 e. The molecule has 0 aromatic heterocycles. The quantitative estimate of drug-likeness (QED) is 0.469. The van der Waals surface area contributed by atoms with Gasteiger partial charge >= 0.3 is 5.97 Å². The second kappa shape index (κ2) is 8.01. The highest BCUT2D eigenvalue weighted by molar-refractivity contribution is 5.75. The van der Waals surface area contributed by atoms with Gasteiger partial charge in [-0.15, -0.1) is 0 Å². The normalized spacial score (nSPS) is 12.5. The van der Waals surface area contributed by atoms with Gasteiger partial charge in [-0.2, -0.15) is 0 Å². The van der Waals surface area contributed by atoms with E-state index in [1.54, 1.807) is 7.11 Å². The Hall–Kier alpha value is -0.610. The first kappa shape index (κ1) is 12.4. The van der Waals surface area contributed by atoms with E-state index >= 15 is 0 Å². The smallest absolute Gasteiger partial charge is 0.322 e. The molecule has 0 amide bonds. The van der Waals surface area contributed by atoms with Crippen molar-refractivity contribution in [3.8, 4) is 0 Å². The number of esters is 1. The Morgan fingerprint density at radius 2 is 2.15 bits per heavy atom. The molecule has 0 bridgehead atoms. The lowest BCUT2D eigenvalue weighted by molar-refractivity contribution is -0.143. The summed E-state index contributed by atoms with van der Waals surface area (Å²) in [5.74, 6) is -0.195. The average molecular weight is 189 g/mol. The van der Waals surface area contributed by atoms with Crippen molar-refractivity contribution in [1.82, 2.24) is 5.32 Å². The summed E-state index contributed by atoms with van der Waals surface area (Å²) < 4.78 is 9.52. The van der Waals surface area contributed by atoms with Crippen molar-refractivity contribution in [3.05, 3.63) is 0 Å². The summed E-state index contributed by atoms with van der Waals surface area (Å²) in [6.45, 7) is 3.44. The van der Waals surface area contributed by atoms with Gasteiger partial charge in [0.2, 0.25) is 0 Å². The molecule has 4 nitrogen and oxygen atoms in total. The van der Waals surface area contributed by atoms with Crippen molar-refractivity contribution >= 4 is 5.97 Å². The molecule has 0 spiro atoms. The molecule has 1 N–H and O–H groups in total. The molecule has 13 heavy (non-hydrogen) atoms. The van der Waals surface area contributed by atoms with Gasteiger partial charge in [0.1, 0.15) is 6.04 Å². The van der Waals surface area contributed by atoms with E-state index in [0.29, 0.717) is 6.61 Å². The van der Waals surface area contributed by atoms with Crippen LogP contribution in [0.1, 0.15) is 19.8 Å². The Balaban J connectivity index is 3.53. The van der Waals surface area contributed by atoms with Crippen LogP contribution in [0.15, 0.2) is 0 Å². The third-order valence-corrected chi connectivity index (χ3v) is 1.81. The molecule has 78 valence electrons. The van der Waals surface area contributed by atoms with E-state index in [2.05, 4.69) is 10.1 Å². The van der Waals surface area contributed by atoms with E-state index in [-0.39, 0.29) is 12.0 Å². The third kappa shape index (κ3) is 5.60. The summed E-state index contributed by atoms with van der Waals surface area (Å²) in [6, 6.07) is -0.179. The van der Waals surface area contributed by atoms with Crippen LogP contribution < -0.4 is 5.32 Å². The molecule has 1 unspecified atom stereocenters. The van der Waals surface area contributed by atoms with E-state index in [0.717, 1.165) is 19.4 Å². The first-order chi connectivity index (χ1) is 6.26. The van der Waals surface area contributed by atoms with E-state index in [1.807, 2.05) is 6.92 Å². The zero-order chi connectivity index (χ0) is 10.1. The summed E-state index contributed by atoms with van der Waals surface area (Å²) >= 11 is 0. The fourth-order valence-corrected chi connectivity index (χ4v) is 1.03. The SMILES string of the molecule is CCC(NCCCOC)C(=O)OC. The Morgan fingerprint density at radius 3 is 2.62 bits per heavy atom. The second-order valence-electron chi connectivity index (χ2n) is 2.78. The summed E-state index contributed by atoms with van der Waals surface area (Å²) in [7, 11) is 3.07. The maximum atomic E-state index is 11.1. The zero-order valence-corrected chi connectivity index (χ0v) is 8.63. The lowest BCUT2D eigenvalue weighted by Crippen LogP contribution is -2.37. The molecule has 0 aliphatic carbocycles. The van der Waals surface area contributed by atoms with Crippen molar-refractivity contribution in [2.75, 3.05) is 27.4 Å². The number of ether oxygens (including phenoxy) is 2. The van der Waals surface area contributed by atoms with Crippen LogP contribution in [0.5, 0.6) is 0 Å². The predicted molar refractivity (Wildman–Crippen MR) is 50.6 cm³/mol. The van der Waals surface area contributed by atoms with Crippen LogP contribution in [0.25, 0.3) is 0 Å². The highest BCUT2D eigenvalue weighted by Gasteiger charge is 2.14. The third-order valence-electron chi connectivity index (χ3n) is 1.81. The molecule has 0 heterocycles. The lowest BCUT2D eigenvalue weighted by Gasteiger charge is -2.13. The van der Waals surface area contributed by atoms with Crippen molar-refractivity contribution < 1.29 is 14.3 Å². The molecule has 0 radical (unpaired) electrons. The minimum Gasteiger partial charge on any atom is -0.468 e. The lowest BCUT2D eigenvalue weighted by atomic mass is 10.2. The minimum atomic E-state index is -0.195. The van der Waals surface area contributed by atoms with Crippen molar-refractivity contribution in [2.45, 2.75) is 25.8 Å². The molecule has 0 aliphatic rings. The van der Waals surface area contributed by atoms with E-state index in [9.17, 15) is 4.79 Å². The molecule has 4 heteroatoms. The highest BCUT2D eigenvalue weighted by atomic mass is 16.5. The molecule has 0 rings (SSSR count). The Labute approximate surface area is 79.6 Å². The highest BCUT2D eigenvalue weighted by Crippen LogP contribution is 1.93. The molecular formula is C9H19NO3. The number of hydrogen-bond donors (Lipinski definition) is 1. The standard InChI is InChI=1S/C9H19NO3/c1-4-8(9(11)13-3)10-6-5-7-12-2/h8,10H,4-7H2,1-3H3. The monoisotopic (exact) mass is 189 g/mol. The van der Waals surface area contributed by atoms with Crippen LogP contribution in [-0.2, 0) is 14.3 Å². The predicted octanol–water partition coefficient (Wildman–Crippen LogP) is 0.564. The van der Waals surface area contributed by atoms with Crippen LogP contribution in [0, 0.1) is 0 Å². The van der Waals surface area contributed by atoms with E-state index in [1.165, 1.54) is 7.11 Å². The first-order valence-electron chi connectivity index (χ1n) is 4.56. The molecule has 0 aromatic carbocycles. The number of nitrogens with one attached hydrogen (secondary N) is 1. The van der Waals surface area contributed by atoms with Gasteiger partial charge < -0.3 is 14.8 Å². The maximum Gasteiger partial charge on any atom is 0.322 e. The van der Waals surface area contributed by atoms with Crippen molar-refractivity contribution in [1.29, 1.82) is 0 Å². The summed E-state index contributed by atoms with van der Waals surface area (Å²) in [6.07, 6.45) is 1.66. The number of hydrogen-bond acceptors (Lipinski definition) is 4. The molecule has 0 aromatic rings. The Bertz CT molecular complexity index is 139. The van der Waals surface area contributed by atoms with Crippen LogP contribution in [-0.4, -0.2) is 39.4 Å². The molecular weight excluding hydrogens is 170 g/mol. The summed E-state index contributed by atoms with van der Waals surface area (Å²) in [4.78, 5) is 11.1. The van der Waals surface area contributed by atoms with Crippen molar-refractivity contribution in [2.24, 2.45) is 0 Å². The average Bonchev–Trinajstić information content (AvgIpc) is 2.17. The van der Waals surface area contributed by atoms with E-state index in [4.69, 9.17) is 4.74 Å². The number of carbonyl (C=O) groups is 1. The summed E-state index contributed by atoms with van der Waals surface area (Å²) in [5.41, 5.74) is 0. The van der Waals surface area contributed by atoms with Gasteiger partial charge in [0, 0.05) is 13.7 Å². The Morgan fingerprint density at radius 1 is 1.46 bits per heavy atom. The van der Waals surface area contributed by atoms with Gasteiger partial charge in [-0.1, -0.05) is 6.92 Å². The summed E-state index contributed by atoms with van der Waals surface area (Å²) in [5, 5.41) is 3.10. The van der Waals surface area contributed by atoms with Gasteiger partial charge in [-0.25, -0.2) is 0 Å². The first-order valence-corrected chi connectivity index (χ1v) is 4.56. The second-order valence-corrected chi connectivity index (χ2v) is 2.78. The minimum absolute atomic E-state index is 0.179. The molecule has 0 saturated heterocycles. The van der Waals surface area contributed by atoms with Crippen molar-refractivity contribution in [3.63, 3.8) is 0 Å². The fraction of sp³-hybridized carbons (Fsp3) is 0.889. The Kier molecular flexibility index (Phi) is 7.63. The molecule has 1 atom stereocenters. The van der Waals surface area contributed by atoms with Gasteiger partial charge in [0.15, 0.2) is 0 Å². The topological polar surface area (TPSA) is 47.6 Å².